The van der Waals surface area contributed by atoms with E-state index in [0.717, 1.165) is 11.1 Å². The third kappa shape index (κ3) is 4.94. The number of nitrogens with zero attached hydrogens (tertiary/aromatic N) is 1. The minimum Gasteiger partial charge on any atom is -0.508 e. The number of hydrogen-bond donors (Lipinski definition) is 2. The molecule has 0 heterocycles. The van der Waals surface area contributed by atoms with E-state index in [1.807, 2.05) is 36.4 Å². The average Bonchev–Trinajstić information content (AvgIpc) is 2.68. The first kappa shape index (κ1) is 19.1. The Morgan fingerprint density at radius 1 is 1.00 bits per heavy atom. The normalized spacial score (nSPS) is 11.6. The largest absolute Gasteiger partial charge is 0.508 e. The Bertz CT molecular complexity index is 973. The van der Waals surface area contributed by atoms with E-state index < -0.39 is 4.92 Å². The maximum atomic E-state index is 12.6. The molecule has 6 heteroatoms. The molecule has 0 unspecified atom stereocenters. The summed E-state index contributed by atoms with van der Waals surface area (Å²) in [5, 5.41) is 23.8. The van der Waals surface area contributed by atoms with Crippen LogP contribution in [-0.2, 0) is 17.6 Å². The fraction of sp³-hybridized carbons (Fsp3) is 0.136. The number of rotatable bonds is 7. The van der Waals surface area contributed by atoms with E-state index in [-0.39, 0.29) is 29.8 Å². The van der Waals surface area contributed by atoms with Crippen molar-refractivity contribution < 1.29 is 14.8 Å². The standard InChI is InChI=1S/C22H20N2O4/c25-19-11-6-7-16(13-19)14-20(17-8-2-1-3-9-17)23-22(26)15-18-10-4-5-12-21(18)24(27)28/h1-13,20,25H,14-15H2,(H,23,26)/t20-/m0/s1. The van der Waals surface area contributed by atoms with Crippen molar-refractivity contribution in [3.8, 4) is 5.75 Å². The lowest BCUT2D eigenvalue weighted by atomic mass is 9.98. The van der Waals surface area contributed by atoms with Crippen molar-refractivity contribution in [2.45, 2.75) is 18.9 Å². The topological polar surface area (TPSA) is 92.5 Å². The number of para-hydroxylation sites is 1. The van der Waals surface area contributed by atoms with Gasteiger partial charge < -0.3 is 10.4 Å². The summed E-state index contributed by atoms with van der Waals surface area (Å²) in [6.45, 7) is 0. The second kappa shape index (κ2) is 8.81. The number of phenolic OH excluding ortho intramolecular Hbond substituents is 1. The minimum atomic E-state index is -0.482. The summed E-state index contributed by atoms with van der Waals surface area (Å²) >= 11 is 0. The van der Waals surface area contributed by atoms with E-state index in [9.17, 15) is 20.0 Å². The van der Waals surface area contributed by atoms with Crippen LogP contribution in [0.25, 0.3) is 0 Å². The highest BCUT2D eigenvalue weighted by atomic mass is 16.6. The molecule has 3 aromatic carbocycles. The third-order valence-electron chi connectivity index (χ3n) is 4.43. The van der Waals surface area contributed by atoms with Gasteiger partial charge >= 0.3 is 0 Å². The van der Waals surface area contributed by atoms with Gasteiger partial charge in [0, 0.05) is 11.6 Å². The van der Waals surface area contributed by atoms with Crippen molar-refractivity contribution >= 4 is 11.6 Å². The van der Waals surface area contributed by atoms with E-state index in [4.69, 9.17) is 0 Å². The number of phenols is 1. The van der Waals surface area contributed by atoms with E-state index >= 15 is 0 Å². The zero-order chi connectivity index (χ0) is 19.9. The fourth-order valence-electron chi connectivity index (χ4n) is 3.11. The molecule has 3 aromatic rings. The van der Waals surface area contributed by atoms with Gasteiger partial charge in [0.25, 0.3) is 5.69 Å². The number of carbonyl (C=O) groups excluding carboxylic acids is 1. The van der Waals surface area contributed by atoms with E-state index in [0.29, 0.717) is 12.0 Å². The molecule has 6 nitrogen and oxygen atoms in total. The van der Waals surface area contributed by atoms with Crippen LogP contribution in [-0.4, -0.2) is 15.9 Å². The maximum absolute atomic E-state index is 12.6. The summed E-state index contributed by atoms with van der Waals surface area (Å²) in [7, 11) is 0. The number of amides is 1. The van der Waals surface area contributed by atoms with Crippen LogP contribution in [0.2, 0.25) is 0 Å². The van der Waals surface area contributed by atoms with Crippen LogP contribution >= 0.6 is 0 Å². The Balaban J connectivity index is 1.79. The molecular formula is C22H20N2O4. The minimum absolute atomic E-state index is 0.0677. The van der Waals surface area contributed by atoms with Gasteiger partial charge in [0.1, 0.15) is 5.75 Å². The van der Waals surface area contributed by atoms with Crippen molar-refractivity contribution in [2.75, 3.05) is 0 Å². The molecule has 0 aliphatic rings. The number of hydrogen-bond acceptors (Lipinski definition) is 4. The molecule has 28 heavy (non-hydrogen) atoms. The SMILES string of the molecule is O=C(Cc1ccccc1[N+](=O)[O-])N[C@@H](Cc1cccc(O)c1)c1ccccc1. The predicted molar refractivity (Wildman–Crippen MR) is 106 cm³/mol. The molecule has 0 radical (unpaired) electrons. The van der Waals surface area contributed by atoms with Crippen LogP contribution in [0, 0.1) is 10.1 Å². The van der Waals surface area contributed by atoms with Crippen LogP contribution in [0.3, 0.4) is 0 Å². The Labute approximate surface area is 162 Å². The number of benzene rings is 3. The second-order valence-corrected chi connectivity index (χ2v) is 6.47. The highest BCUT2D eigenvalue weighted by Gasteiger charge is 2.19. The summed E-state index contributed by atoms with van der Waals surface area (Å²) in [6.07, 6.45) is 0.404. The Kier molecular flexibility index (Phi) is 6.01. The number of carbonyl (C=O) groups is 1. The van der Waals surface area contributed by atoms with Gasteiger partial charge in [-0.15, -0.1) is 0 Å². The predicted octanol–water partition coefficient (Wildman–Crippen LogP) is 3.94. The zero-order valence-corrected chi connectivity index (χ0v) is 15.1. The van der Waals surface area contributed by atoms with Crippen LogP contribution in [0.4, 0.5) is 5.69 Å². The number of aromatic hydroxyl groups is 1. The average molecular weight is 376 g/mol. The summed E-state index contributed by atoms with van der Waals surface area (Å²) in [5.41, 5.74) is 2.10. The molecule has 0 bridgehead atoms. The fourth-order valence-corrected chi connectivity index (χ4v) is 3.11. The number of nitro benzene ring substituents is 1. The molecule has 0 spiro atoms. The third-order valence-corrected chi connectivity index (χ3v) is 4.43. The summed E-state index contributed by atoms with van der Waals surface area (Å²) < 4.78 is 0. The van der Waals surface area contributed by atoms with E-state index in [1.165, 1.54) is 6.07 Å². The monoisotopic (exact) mass is 376 g/mol. The first-order valence-corrected chi connectivity index (χ1v) is 8.87. The van der Waals surface area contributed by atoms with Crippen LogP contribution < -0.4 is 5.32 Å². The van der Waals surface area contributed by atoms with Gasteiger partial charge in [0.05, 0.1) is 17.4 Å². The van der Waals surface area contributed by atoms with E-state index in [2.05, 4.69) is 5.32 Å². The van der Waals surface area contributed by atoms with Gasteiger partial charge in [0.2, 0.25) is 5.91 Å². The highest BCUT2D eigenvalue weighted by Crippen LogP contribution is 2.22. The van der Waals surface area contributed by atoms with Crippen LogP contribution in [0.5, 0.6) is 5.75 Å². The lowest BCUT2D eigenvalue weighted by Crippen LogP contribution is -2.31. The van der Waals surface area contributed by atoms with Crippen LogP contribution in [0.15, 0.2) is 78.9 Å². The lowest BCUT2D eigenvalue weighted by molar-refractivity contribution is -0.385. The molecule has 2 N–H and O–H groups in total. The van der Waals surface area contributed by atoms with Crippen molar-refractivity contribution in [1.29, 1.82) is 0 Å². The summed E-state index contributed by atoms with van der Waals surface area (Å²) in [4.78, 5) is 23.3. The van der Waals surface area contributed by atoms with Crippen molar-refractivity contribution in [3.05, 3.63) is 106 Å². The Hall–Kier alpha value is -3.67. The first-order valence-electron chi connectivity index (χ1n) is 8.87. The molecule has 0 aliphatic heterocycles. The van der Waals surface area contributed by atoms with Crippen molar-refractivity contribution in [1.82, 2.24) is 5.32 Å². The quantitative estimate of drug-likeness (QED) is 0.482. The maximum Gasteiger partial charge on any atom is 0.273 e. The highest BCUT2D eigenvalue weighted by molar-refractivity contribution is 5.80. The Morgan fingerprint density at radius 3 is 2.43 bits per heavy atom. The molecule has 0 aromatic heterocycles. The second-order valence-electron chi connectivity index (χ2n) is 6.47. The molecule has 3 rings (SSSR count). The van der Waals surface area contributed by atoms with Crippen LogP contribution in [0.1, 0.15) is 22.7 Å². The molecule has 142 valence electrons. The molecule has 1 amide bonds. The zero-order valence-electron chi connectivity index (χ0n) is 15.1. The van der Waals surface area contributed by atoms with Gasteiger partial charge in [-0.25, -0.2) is 0 Å². The summed E-state index contributed by atoms with van der Waals surface area (Å²) in [6, 6.07) is 22.3. The van der Waals surface area contributed by atoms with Crippen molar-refractivity contribution in [3.63, 3.8) is 0 Å². The smallest absolute Gasteiger partial charge is 0.273 e. The first-order chi connectivity index (χ1) is 13.5. The van der Waals surface area contributed by atoms with Crippen molar-refractivity contribution in [2.24, 2.45) is 0 Å². The molecule has 0 saturated carbocycles. The molecule has 0 aliphatic carbocycles. The van der Waals surface area contributed by atoms with Gasteiger partial charge in [-0.3, -0.25) is 14.9 Å². The van der Waals surface area contributed by atoms with Gasteiger partial charge in [-0.05, 0) is 29.7 Å². The van der Waals surface area contributed by atoms with E-state index in [1.54, 1.807) is 36.4 Å². The Morgan fingerprint density at radius 2 is 1.71 bits per heavy atom. The molecule has 0 saturated heterocycles. The van der Waals surface area contributed by atoms with Gasteiger partial charge in [-0.2, -0.15) is 0 Å². The van der Waals surface area contributed by atoms with Gasteiger partial charge in [-0.1, -0.05) is 60.7 Å². The van der Waals surface area contributed by atoms with Gasteiger partial charge in [0.15, 0.2) is 0 Å². The summed E-state index contributed by atoms with van der Waals surface area (Å²) in [5.74, 6) is -0.140. The molecular weight excluding hydrogens is 356 g/mol. The number of nitro groups is 1. The lowest BCUT2D eigenvalue weighted by Gasteiger charge is -2.20. The molecule has 0 fully saturated rings. The number of nitrogens with one attached hydrogen (secondary N) is 1. The molecule has 1 atom stereocenters.